The first-order valence-electron chi connectivity index (χ1n) is 6.59. The molecule has 0 unspecified atom stereocenters. The molecule has 1 aliphatic rings. The summed E-state index contributed by atoms with van der Waals surface area (Å²) in [6.07, 6.45) is 0.509. The topological polar surface area (TPSA) is 145 Å². The Balaban J connectivity index is 2.71. The summed E-state index contributed by atoms with van der Waals surface area (Å²) in [7, 11) is 0. The lowest BCUT2D eigenvalue weighted by atomic mass is 9.93. The number of hydrogen-bond donors (Lipinski definition) is 5. The van der Waals surface area contributed by atoms with Gasteiger partial charge in [0.15, 0.2) is 0 Å². The normalized spacial score (nSPS) is 28.6. The average Bonchev–Trinajstić information content (AvgIpc) is 2.77. The van der Waals surface area contributed by atoms with Crippen molar-refractivity contribution in [3.05, 3.63) is 0 Å². The Morgan fingerprint density at radius 2 is 2.19 bits per heavy atom. The van der Waals surface area contributed by atoms with Crippen molar-refractivity contribution in [3.63, 3.8) is 0 Å². The van der Waals surface area contributed by atoms with Crippen molar-refractivity contribution >= 4 is 30.0 Å². The maximum Gasteiger partial charge on any atom is 0.321 e. The van der Waals surface area contributed by atoms with E-state index in [1.54, 1.807) is 0 Å². The van der Waals surface area contributed by atoms with Gasteiger partial charge in [-0.2, -0.15) is 11.8 Å². The number of rotatable bonds is 8. The van der Waals surface area contributed by atoms with Crippen LogP contribution >= 0.6 is 11.8 Å². The summed E-state index contributed by atoms with van der Waals surface area (Å²) in [4.78, 5) is 26.3. The Labute approximate surface area is 126 Å². The smallest absolute Gasteiger partial charge is 0.321 e. The summed E-state index contributed by atoms with van der Waals surface area (Å²) < 4.78 is 0. The molecule has 1 aliphatic heterocycles. The predicted molar refractivity (Wildman–Crippen MR) is 79.6 cm³/mol. The Morgan fingerprint density at radius 1 is 1.52 bits per heavy atom. The van der Waals surface area contributed by atoms with Crippen LogP contribution in [0.25, 0.3) is 0 Å². The second kappa shape index (κ2) is 8.20. The van der Waals surface area contributed by atoms with Gasteiger partial charge in [-0.1, -0.05) is 0 Å². The second-order valence-electron chi connectivity index (χ2n) is 4.89. The molecule has 9 heteroatoms. The van der Waals surface area contributed by atoms with Gasteiger partial charge in [-0.05, 0) is 13.3 Å². The van der Waals surface area contributed by atoms with Crippen molar-refractivity contribution in [1.29, 1.82) is 0 Å². The summed E-state index contributed by atoms with van der Waals surface area (Å²) in [5, 5.41) is 30.6. The highest BCUT2D eigenvalue weighted by molar-refractivity contribution is 8.00. The number of aliphatic imine (C=N–C) groups is 1. The third-order valence-corrected chi connectivity index (χ3v) is 4.72. The van der Waals surface area contributed by atoms with Crippen LogP contribution < -0.4 is 11.1 Å². The number of aliphatic hydroxyl groups excluding tert-OH is 1. The fourth-order valence-electron chi connectivity index (χ4n) is 2.48. The zero-order valence-corrected chi connectivity index (χ0v) is 12.5. The molecule has 8 nitrogen and oxygen atoms in total. The number of hydrogen-bond acceptors (Lipinski definition) is 6. The molecule has 0 amide bonds. The summed E-state index contributed by atoms with van der Waals surface area (Å²) in [6, 6.07) is -1.40. The number of aliphatic carboxylic acids is 2. The fraction of sp³-hybridized carbons (Fsp3) is 0.750. The summed E-state index contributed by atoms with van der Waals surface area (Å²) in [5.74, 6) is -2.58. The van der Waals surface area contributed by atoms with Crippen LogP contribution in [0.15, 0.2) is 4.99 Å². The van der Waals surface area contributed by atoms with Crippen LogP contribution in [-0.2, 0) is 9.59 Å². The van der Waals surface area contributed by atoms with E-state index in [2.05, 4.69) is 10.3 Å². The van der Waals surface area contributed by atoms with E-state index >= 15 is 0 Å². The van der Waals surface area contributed by atoms with Crippen LogP contribution in [0, 0.1) is 5.92 Å². The van der Waals surface area contributed by atoms with Crippen LogP contribution in [0.5, 0.6) is 0 Å². The third-order valence-electron chi connectivity index (χ3n) is 3.41. The number of aliphatic hydroxyl groups is 1. The number of nitrogens with zero attached hydrogens (tertiary/aromatic N) is 1. The Kier molecular flexibility index (Phi) is 6.93. The molecule has 0 spiro atoms. The molecule has 1 heterocycles. The Hall–Kier alpha value is -1.32. The van der Waals surface area contributed by atoms with Gasteiger partial charge in [-0.3, -0.25) is 19.9 Å². The second-order valence-corrected chi connectivity index (χ2v) is 6.24. The largest absolute Gasteiger partial charge is 0.481 e. The maximum absolute atomic E-state index is 11.3. The van der Waals surface area contributed by atoms with Gasteiger partial charge in [0.2, 0.25) is 0 Å². The zero-order valence-electron chi connectivity index (χ0n) is 11.7. The zero-order chi connectivity index (χ0) is 16.0. The molecule has 0 aromatic heterocycles. The number of thioether (sulfide) groups is 1. The molecule has 0 aromatic rings. The van der Waals surface area contributed by atoms with Gasteiger partial charge in [0, 0.05) is 23.6 Å². The van der Waals surface area contributed by atoms with Gasteiger partial charge in [-0.15, -0.1) is 0 Å². The van der Waals surface area contributed by atoms with Crippen molar-refractivity contribution in [3.8, 4) is 0 Å². The molecule has 120 valence electrons. The molecule has 0 saturated carbocycles. The molecular weight excluding hydrogens is 298 g/mol. The average molecular weight is 319 g/mol. The standard InChI is InChI=1S/C12H21N3O5S/c1-6(16)9(11(17)18)7-4-8(10(15-7)12(19)20)21-3-2-14-5-13/h5-10,15-16H,2-4H2,1H3,(H2,13,14)(H,17,18)(H,19,20)/t6-,7-,8+,9-,10+/m1/s1. The predicted octanol–water partition coefficient (Wildman–Crippen LogP) is -1.03. The van der Waals surface area contributed by atoms with Crippen molar-refractivity contribution < 1.29 is 24.9 Å². The molecule has 1 saturated heterocycles. The fourth-order valence-corrected chi connectivity index (χ4v) is 3.73. The van der Waals surface area contributed by atoms with Crippen LogP contribution in [0.4, 0.5) is 0 Å². The van der Waals surface area contributed by atoms with Gasteiger partial charge in [0.25, 0.3) is 0 Å². The van der Waals surface area contributed by atoms with Gasteiger partial charge in [0.05, 0.1) is 18.4 Å². The third kappa shape index (κ3) is 4.87. The highest BCUT2D eigenvalue weighted by Gasteiger charge is 2.44. The Morgan fingerprint density at radius 3 is 2.67 bits per heavy atom. The number of nitrogens with one attached hydrogen (secondary N) is 1. The summed E-state index contributed by atoms with van der Waals surface area (Å²) in [6.45, 7) is 1.88. The van der Waals surface area contributed by atoms with Crippen molar-refractivity contribution in [2.75, 3.05) is 12.3 Å². The van der Waals surface area contributed by atoms with E-state index in [4.69, 9.17) is 5.73 Å². The van der Waals surface area contributed by atoms with E-state index in [1.165, 1.54) is 25.0 Å². The van der Waals surface area contributed by atoms with E-state index in [0.29, 0.717) is 18.7 Å². The molecular formula is C12H21N3O5S. The first kappa shape index (κ1) is 17.7. The van der Waals surface area contributed by atoms with E-state index in [9.17, 15) is 24.9 Å². The van der Waals surface area contributed by atoms with Crippen molar-refractivity contribution in [2.45, 2.75) is 36.8 Å². The molecule has 0 aliphatic carbocycles. The quantitative estimate of drug-likeness (QED) is 0.217. The molecule has 21 heavy (non-hydrogen) atoms. The summed E-state index contributed by atoms with van der Waals surface area (Å²) >= 11 is 1.42. The van der Waals surface area contributed by atoms with Crippen LogP contribution in [0.2, 0.25) is 0 Å². The van der Waals surface area contributed by atoms with Crippen molar-refractivity contribution in [1.82, 2.24) is 5.32 Å². The van der Waals surface area contributed by atoms with Gasteiger partial charge in [0.1, 0.15) is 6.04 Å². The Bertz CT molecular complexity index is 404. The van der Waals surface area contributed by atoms with Gasteiger partial charge in [-0.25, -0.2) is 0 Å². The maximum atomic E-state index is 11.3. The molecule has 0 radical (unpaired) electrons. The first-order valence-corrected chi connectivity index (χ1v) is 7.64. The lowest BCUT2D eigenvalue weighted by molar-refractivity contribution is -0.147. The first-order chi connectivity index (χ1) is 9.88. The molecule has 1 rings (SSSR count). The van der Waals surface area contributed by atoms with Gasteiger partial charge < -0.3 is 21.1 Å². The molecule has 6 N–H and O–H groups in total. The molecule has 5 atom stereocenters. The lowest BCUT2D eigenvalue weighted by Crippen LogP contribution is -2.46. The highest BCUT2D eigenvalue weighted by Crippen LogP contribution is 2.30. The minimum atomic E-state index is -1.13. The van der Waals surface area contributed by atoms with Crippen LogP contribution in [0.3, 0.4) is 0 Å². The summed E-state index contributed by atoms with van der Waals surface area (Å²) in [5.41, 5.74) is 5.13. The number of carboxylic acid groups (broad SMARTS) is 2. The van der Waals surface area contributed by atoms with Crippen molar-refractivity contribution in [2.24, 2.45) is 16.6 Å². The minimum absolute atomic E-state index is 0.263. The number of carboxylic acids is 2. The van der Waals surface area contributed by atoms with Crippen LogP contribution in [-0.4, -0.2) is 69.3 Å². The minimum Gasteiger partial charge on any atom is -0.481 e. The number of nitrogens with two attached hydrogens (primary N) is 1. The van der Waals surface area contributed by atoms with E-state index in [-0.39, 0.29) is 5.25 Å². The SMILES string of the molecule is C[C@@H](O)[C@@H](C(=O)O)[C@H]1C[C@H](SCCN=CN)[C@@H](C(=O)O)N1. The van der Waals surface area contributed by atoms with E-state index in [1.807, 2.05) is 0 Å². The van der Waals surface area contributed by atoms with Crippen LogP contribution in [0.1, 0.15) is 13.3 Å². The number of carbonyl (C=O) groups is 2. The lowest BCUT2D eigenvalue weighted by Gasteiger charge is -2.22. The van der Waals surface area contributed by atoms with Gasteiger partial charge >= 0.3 is 11.9 Å². The highest BCUT2D eigenvalue weighted by atomic mass is 32.2. The molecule has 0 bridgehead atoms. The molecule has 1 fully saturated rings. The van der Waals surface area contributed by atoms with E-state index < -0.39 is 36.0 Å². The molecule has 0 aromatic carbocycles. The monoisotopic (exact) mass is 319 g/mol. The van der Waals surface area contributed by atoms with E-state index in [0.717, 1.165) is 0 Å².